The van der Waals surface area contributed by atoms with Gasteiger partial charge in [0.15, 0.2) is 0 Å². The van der Waals surface area contributed by atoms with E-state index in [1.807, 2.05) is 0 Å². The first-order chi connectivity index (χ1) is 12.4. The van der Waals surface area contributed by atoms with Crippen molar-refractivity contribution in [3.63, 3.8) is 0 Å². The van der Waals surface area contributed by atoms with E-state index in [0.29, 0.717) is 22.7 Å². The molecule has 0 saturated heterocycles. The van der Waals surface area contributed by atoms with Gasteiger partial charge < -0.3 is 14.2 Å². The van der Waals surface area contributed by atoms with Crippen LogP contribution in [0.4, 0.5) is 5.69 Å². The fraction of sp³-hybridized carbons (Fsp3) is 0.278. The van der Waals surface area contributed by atoms with E-state index in [4.69, 9.17) is 14.2 Å². The summed E-state index contributed by atoms with van der Waals surface area (Å²) in [6.07, 6.45) is -1.04. The molecule has 0 spiro atoms. The molecule has 8 heteroatoms. The molecule has 0 unspecified atom stereocenters. The molecule has 3 rings (SSSR count). The van der Waals surface area contributed by atoms with Crippen LogP contribution in [-0.2, 0) is 19.6 Å². The fourth-order valence-electron chi connectivity index (χ4n) is 2.82. The molecule has 7 nitrogen and oxygen atoms in total. The smallest absolute Gasteiger partial charge is 0.348 e. The second-order valence-electron chi connectivity index (χ2n) is 5.76. The van der Waals surface area contributed by atoms with Gasteiger partial charge in [-0.2, -0.15) is 0 Å². The highest BCUT2D eigenvalue weighted by Crippen LogP contribution is 2.37. The SMILES string of the molecule is COC(=O)[C@@H]1CN(S(=O)(=O)c2ccc(OC)c(C)c2)c2ccccc2O1. The number of hydrogen-bond donors (Lipinski definition) is 0. The number of anilines is 1. The van der Waals surface area contributed by atoms with Crippen LogP contribution in [-0.4, -0.2) is 41.3 Å². The van der Waals surface area contributed by atoms with Crippen molar-refractivity contribution in [1.29, 1.82) is 0 Å². The topological polar surface area (TPSA) is 82.1 Å². The lowest BCUT2D eigenvalue weighted by atomic mass is 10.2. The van der Waals surface area contributed by atoms with Gasteiger partial charge in [0.25, 0.3) is 10.0 Å². The van der Waals surface area contributed by atoms with Crippen molar-refractivity contribution in [2.45, 2.75) is 17.9 Å². The fourth-order valence-corrected chi connectivity index (χ4v) is 4.38. The highest BCUT2D eigenvalue weighted by Gasteiger charge is 2.38. The third-order valence-electron chi connectivity index (χ3n) is 4.15. The summed E-state index contributed by atoms with van der Waals surface area (Å²) in [5.74, 6) is 0.271. The van der Waals surface area contributed by atoms with E-state index >= 15 is 0 Å². The van der Waals surface area contributed by atoms with Crippen LogP contribution in [0.2, 0.25) is 0 Å². The Bertz CT molecular complexity index is 940. The number of ether oxygens (including phenoxy) is 3. The predicted molar refractivity (Wildman–Crippen MR) is 95.1 cm³/mol. The van der Waals surface area contributed by atoms with Crippen molar-refractivity contribution in [2.24, 2.45) is 0 Å². The van der Waals surface area contributed by atoms with Crippen molar-refractivity contribution >= 4 is 21.7 Å². The van der Waals surface area contributed by atoms with Crippen LogP contribution in [0, 0.1) is 6.92 Å². The summed E-state index contributed by atoms with van der Waals surface area (Å²) < 4.78 is 43.2. The lowest BCUT2D eigenvalue weighted by molar-refractivity contribution is -0.148. The number of aryl methyl sites for hydroxylation is 1. The van der Waals surface area contributed by atoms with Gasteiger partial charge in [0.2, 0.25) is 6.10 Å². The van der Waals surface area contributed by atoms with Crippen molar-refractivity contribution in [3.05, 3.63) is 48.0 Å². The van der Waals surface area contributed by atoms with Crippen LogP contribution in [0.15, 0.2) is 47.4 Å². The Hall–Kier alpha value is -2.74. The lowest BCUT2D eigenvalue weighted by Gasteiger charge is -2.34. The lowest BCUT2D eigenvalue weighted by Crippen LogP contribution is -2.47. The van der Waals surface area contributed by atoms with Crippen LogP contribution >= 0.6 is 0 Å². The van der Waals surface area contributed by atoms with Gasteiger partial charge in [-0.1, -0.05) is 12.1 Å². The molecule has 1 heterocycles. The molecule has 1 aliphatic rings. The number of benzene rings is 2. The molecule has 138 valence electrons. The second-order valence-corrected chi connectivity index (χ2v) is 7.63. The number of carbonyl (C=O) groups excluding carboxylic acids is 1. The molecule has 0 aromatic heterocycles. The summed E-state index contributed by atoms with van der Waals surface area (Å²) in [7, 11) is -1.15. The molecule has 0 saturated carbocycles. The number of esters is 1. The molecule has 1 atom stereocenters. The minimum atomic E-state index is -3.91. The number of methoxy groups -OCH3 is 2. The molecule has 0 radical (unpaired) electrons. The summed E-state index contributed by atoms with van der Waals surface area (Å²) in [5.41, 5.74) is 1.07. The van der Waals surface area contributed by atoms with Crippen LogP contribution in [0.25, 0.3) is 0 Å². The first-order valence-electron chi connectivity index (χ1n) is 7.89. The average Bonchev–Trinajstić information content (AvgIpc) is 2.66. The highest BCUT2D eigenvalue weighted by molar-refractivity contribution is 7.92. The summed E-state index contributed by atoms with van der Waals surface area (Å²) in [5, 5.41) is 0. The quantitative estimate of drug-likeness (QED) is 0.759. The highest BCUT2D eigenvalue weighted by atomic mass is 32.2. The van der Waals surface area contributed by atoms with Crippen LogP contribution in [0.3, 0.4) is 0 Å². The number of fused-ring (bicyclic) bond motifs is 1. The number of nitrogens with zero attached hydrogens (tertiary/aromatic N) is 1. The molecule has 1 aliphatic heterocycles. The zero-order chi connectivity index (χ0) is 18.9. The van der Waals surface area contributed by atoms with E-state index < -0.39 is 22.1 Å². The summed E-state index contributed by atoms with van der Waals surface area (Å²) in [6.45, 7) is 1.60. The second kappa shape index (κ2) is 6.87. The third kappa shape index (κ3) is 3.08. The van der Waals surface area contributed by atoms with Crippen molar-refractivity contribution < 1.29 is 27.4 Å². The maximum absolute atomic E-state index is 13.2. The maximum atomic E-state index is 13.2. The maximum Gasteiger partial charge on any atom is 0.348 e. The molecule has 0 fully saturated rings. The van der Waals surface area contributed by atoms with Gasteiger partial charge in [-0.3, -0.25) is 4.31 Å². The molecule has 2 aromatic carbocycles. The van der Waals surface area contributed by atoms with E-state index in [9.17, 15) is 13.2 Å². The van der Waals surface area contributed by atoms with E-state index in [0.717, 1.165) is 0 Å². The number of carbonyl (C=O) groups is 1. The van der Waals surface area contributed by atoms with Crippen molar-refractivity contribution in [3.8, 4) is 11.5 Å². The summed E-state index contributed by atoms with van der Waals surface area (Å²) in [4.78, 5) is 12.0. The van der Waals surface area contributed by atoms with Gasteiger partial charge >= 0.3 is 5.97 Å². The molecular weight excluding hydrogens is 358 g/mol. The zero-order valence-electron chi connectivity index (χ0n) is 14.6. The minimum Gasteiger partial charge on any atom is -0.496 e. The Morgan fingerprint density at radius 3 is 2.58 bits per heavy atom. The standard InChI is InChI=1S/C18H19NO6S/c1-12-10-13(8-9-15(12)23-2)26(21,22)19-11-17(18(20)24-3)25-16-7-5-4-6-14(16)19/h4-10,17H,11H2,1-3H3/t17-/m0/s1. The largest absolute Gasteiger partial charge is 0.496 e. The molecule has 0 amide bonds. The normalized spacial score (nSPS) is 16.4. The van der Waals surface area contributed by atoms with E-state index in [1.165, 1.54) is 24.6 Å². The number of hydrogen-bond acceptors (Lipinski definition) is 6. The Balaban J connectivity index is 2.08. The van der Waals surface area contributed by atoms with Gasteiger partial charge in [-0.15, -0.1) is 0 Å². The van der Waals surface area contributed by atoms with Crippen LogP contribution in [0.5, 0.6) is 11.5 Å². The average molecular weight is 377 g/mol. The van der Waals surface area contributed by atoms with Gasteiger partial charge in [0.1, 0.15) is 11.5 Å². The van der Waals surface area contributed by atoms with Gasteiger partial charge in [-0.25, -0.2) is 13.2 Å². The molecule has 0 N–H and O–H groups in total. The summed E-state index contributed by atoms with van der Waals surface area (Å²) in [6, 6.07) is 11.3. The third-order valence-corrected chi connectivity index (χ3v) is 5.93. The van der Waals surface area contributed by atoms with Gasteiger partial charge in [-0.05, 0) is 42.8 Å². The molecule has 0 aliphatic carbocycles. The molecule has 0 bridgehead atoms. The molecule has 26 heavy (non-hydrogen) atoms. The van der Waals surface area contributed by atoms with E-state index in [2.05, 4.69) is 0 Å². The Kier molecular flexibility index (Phi) is 4.78. The zero-order valence-corrected chi connectivity index (χ0v) is 15.4. The number of sulfonamides is 1. The monoisotopic (exact) mass is 377 g/mol. The number of rotatable bonds is 4. The Morgan fingerprint density at radius 1 is 1.19 bits per heavy atom. The molecular formula is C18H19NO6S. The summed E-state index contributed by atoms with van der Waals surface area (Å²) >= 11 is 0. The van der Waals surface area contributed by atoms with Gasteiger partial charge in [0, 0.05) is 0 Å². The van der Waals surface area contributed by atoms with E-state index in [-0.39, 0.29) is 11.4 Å². The van der Waals surface area contributed by atoms with Gasteiger partial charge in [0.05, 0.1) is 31.3 Å². The number of para-hydroxylation sites is 2. The minimum absolute atomic E-state index is 0.108. The first-order valence-corrected chi connectivity index (χ1v) is 9.33. The van der Waals surface area contributed by atoms with Crippen LogP contribution < -0.4 is 13.8 Å². The predicted octanol–water partition coefficient (Wildman–Crippen LogP) is 2.13. The van der Waals surface area contributed by atoms with Crippen molar-refractivity contribution in [2.75, 3.05) is 25.1 Å². The first kappa shape index (κ1) is 18.1. The van der Waals surface area contributed by atoms with E-state index in [1.54, 1.807) is 43.3 Å². The Labute approximate surface area is 152 Å². The Morgan fingerprint density at radius 2 is 1.92 bits per heavy atom. The van der Waals surface area contributed by atoms with Crippen LogP contribution in [0.1, 0.15) is 5.56 Å². The van der Waals surface area contributed by atoms with Crippen molar-refractivity contribution in [1.82, 2.24) is 0 Å². The molecule has 2 aromatic rings.